The molecule has 0 saturated heterocycles. The van der Waals surface area contributed by atoms with Crippen LogP contribution in [0.5, 0.6) is 5.75 Å². The maximum absolute atomic E-state index is 11.7. The summed E-state index contributed by atoms with van der Waals surface area (Å²) in [4.78, 5) is 23.1. The molecule has 5 nitrogen and oxygen atoms in total. The van der Waals surface area contributed by atoms with Gasteiger partial charge >= 0.3 is 5.97 Å². The first-order valence-corrected chi connectivity index (χ1v) is 7.48. The minimum absolute atomic E-state index is 0.0388. The van der Waals surface area contributed by atoms with Crippen LogP contribution >= 0.6 is 0 Å². The molecule has 0 spiro atoms. The van der Waals surface area contributed by atoms with E-state index in [0.717, 1.165) is 6.42 Å². The van der Waals surface area contributed by atoms with E-state index in [-0.39, 0.29) is 23.9 Å². The number of esters is 1. The van der Waals surface area contributed by atoms with E-state index in [9.17, 15) is 9.59 Å². The molecule has 1 aromatic carbocycles. The molecule has 0 fully saturated rings. The number of hydrogen-bond acceptors (Lipinski definition) is 4. The SMILES string of the molecule is CCOC(=O)c1ccc(OCC(=O)NCCC(C)(C)C)cc1. The monoisotopic (exact) mass is 307 g/mol. The summed E-state index contributed by atoms with van der Waals surface area (Å²) >= 11 is 0. The fourth-order valence-electron chi connectivity index (χ4n) is 1.68. The van der Waals surface area contributed by atoms with Crippen LogP contribution in [0.25, 0.3) is 0 Å². The van der Waals surface area contributed by atoms with Gasteiger partial charge in [0.15, 0.2) is 6.61 Å². The Morgan fingerprint density at radius 3 is 2.32 bits per heavy atom. The second-order valence-electron chi connectivity index (χ2n) is 6.19. The van der Waals surface area contributed by atoms with Crippen LogP contribution in [0.4, 0.5) is 0 Å². The van der Waals surface area contributed by atoms with Gasteiger partial charge in [-0.05, 0) is 43.0 Å². The highest BCUT2D eigenvalue weighted by molar-refractivity contribution is 5.89. The smallest absolute Gasteiger partial charge is 0.338 e. The highest BCUT2D eigenvalue weighted by Gasteiger charge is 2.11. The first-order valence-electron chi connectivity index (χ1n) is 7.48. The number of ether oxygens (including phenoxy) is 2. The summed E-state index contributed by atoms with van der Waals surface area (Å²) < 4.78 is 10.3. The third-order valence-corrected chi connectivity index (χ3v) is 2.93. The second-order valence-corrected chi connectivity index (χ2v) is 6.19. The van der Waals surface area contributed by atoms with E-state index in [0.29, 0.717) is 24.5 Å². The molecular formula is C17H25NO4. The number of benzene rings is 1. The van der Waals surface area contributed by atoms with E-state index in [1.54, 1.807) is 31.2 Å². The van der Waals surface area contributed by atoms with Gasteiger partial charge in [0.2, 0.25) is 0 Å². The molecule has 5 heteroatoms. The van der Waals surface area contributed by atoms with Crippen LogP contribution in [0.3, 0.4) is 0 Å². The van der Waals surface area contributed by atoms with Crippen molar-refractivity contribution in [3.63, 3.8) is 0 Å². The molecule has 0 heterocycles. The normalized spacial score (nSPS) is 10.9. The Kier molecular flexibility index (Phi) is 6.89. The number of hydrogen-bond donors (Lipinski definition) is 1. The molecule has 122 valence electrons. The minimum Gasteiger partial charge on any atom is -0.484 e. The lowest BCUT2D eigenvalue weighted by Gasteiger charge is -2.18. The van der Waals surface area contributed by atoms with Gasteiger partial charge in [-0.1, -0.05) is 20.8 Å². The molecule has 0 unspecified atom stereocenters. The Morgan fingerprint density at radius 1 is 1.14 bits per heavy atom. The quantitative estimate of drug-likeness (QED) is 0.787. The second kappa shape index (κ2) is 8.41. The molecule has 0 aromatic heterocycles. The van der Waals surface area contributed by atoms with E-state index in [1.807, 2.05) is 0 Å². The number of amides is 1. The standard InChI is InChI=1S/C17H25NO4/c1-5-21-16(20)13-6-8-14(9-7-13)22-12-15(19)18-11-10-17(2,3)4/h6-9H,5,10-12H2,1-4H3,(H,18,19). The van der Waals surface area contributed by atoms with Crippen LogP contribution in [0.1, 0.15) is 44.5 Å². The van der Waals surface area contributed by atoms with Crippen LogP contribution in [-0.4, -0.2) is 31.6 Å². The van der Waals surface area contributed by atoms with Gasteiger partial charge < -0.3 is 14.8 Å². The molecule has 1 aromatic rings. The van der Waals surface area contributed by atoms with Gasteiger partial charge in [-0.3, -0.25) is 4.79 Å². The van der Waals surface area contributed by atoms with E-state index < -0.39 is 0 Å². The summed E-state index contributed by atoms with van der Waals surface area (Å²) in [5.74, 6) is 0.0201. The molecule has 0 atom stereocenters. The first kappa shape index (κ1) is 18.0. The van der Waals surface area contributed by atoms with Crippen molar-refractivity contribution < 1.29 is 19.1 Å². The molecule has 22 heavy (non-hydrogen) atoms. The Bertz CT molecular complexity index is 488. The third-order valence-electron chi connectivity index (χ3n) is 2.93. The third kappa shape index (κ3) is 7.11. The summed E-state index contributed by atoms with van der Waals surface area (Å²) in [6.45, 7) is 9.07. The molecule has 0 saturated carbocycles. The van der Waals surface area contributed by atoms with Crippen LogP contribution in [-0.2, 0) is 9.53 Å². The number of carbonyl (C=O) groups excluding carboxylic acids is 2. The maximum atomic E-state index is 11.7. The molecule has 0 aliphatic heterocycles. The van der Waals surface area contributed by atoms with Crippen molar-refractivity contribution in [2.24, 2.45) is 5.41 Å². The largest absolute Gasteiger partial charge is 0.484 e. The number of rotatable bonds is 7. The Labute approximate surface area is 132 Å². The van der Waals surface area contributed by atoms with Crippen molar-refractivity contribution in [1.29, 1.82) is 0 Å². The topological polar surface area (TPSA) is 64.6 Å². The van der Waals surface area contributed by atoms with E-state index >= 15 is 0 Å². The van der Waals surface area contributed by atoms with Crippen molar-refractivity contribution in [3.8, 4) is 5.75 Å². The van der Waals surface area contributed by atoms with Crippen molar-refractivity contribution >= 4 is 11.9 Å². The van der Waals surface area contributed by atoms with Gasteiger partial charge in [0, 0.05) is 6.54 Å². The van der Waals surface area contributed by atoms with Crippen LogP contribution in [0, 0.1) is 5.41 Å². The zero-order valence-electron chi connectivity index (χ0n) is 13.8. The van der Waals surface area contributed by atoms with Gasteiger partial charge in [-0.2, -0.15) is 0 Å². The summed E-state index contributed by atoms with van der Waals surface area (Å²) in [5, 5.41) is 2.82. The Hall–Kier alpha value is -2.04. The molecule has 1 rings (SSSR count). The molecule has 0 aliphatic carbocycles. The predicted molar refractivity (Wildman–Crippen MR) is 85.0 cm³/mol. The minimum atomic E-state index is -0.367. The average Bonchev–Trinajstić information content (AvgIpc) is 2.44. The van der Waals surface area contributed by atoms with E-state index in [2.05, 4.69) is 26.1 Å². The van der Waals surface area contributed by atoms with Gasteiger partial charge in [0.05, 0.1) is 12.2 Å². The van der Waals surface area contributed by atoms with Crippen molar-refractivity contribution in [2.45, 2.75) is 34.1 Å². The highest BCUT2D eigenvalue weighted by Crippen LogP contribution is 2.17. The summed E-state index contributed by atoms with van der Waals surface area (Å²) in [6.07, 6.45) is 0.910. The molecule has 0 aliphatic rings. The Morgan fingerprint density at radius 2 is 1.77 bits per heavy atom. The first-order chi connectivity index (χ1) is 10.3. The fourth-order valence-corrected chi connectivity index (χ4v) is 1.68. The zero-order chi connectivity index (χ0) is 16.6. The highest BCUT2D eigenvalue weighted by atomic mass is 16.5. The molecule has 1 amide bonds. The van der Waals surface area contributed by atoms with Gasteiger partial charge in [0.1, 0.15) is 5.75 Å². The lowest BCUT2D eigenvalue weighted by molar-refractivity contribution is -0.123. The summed E-state index contributed by atoms with van der Waals surface area (Å²) in [7, 11) is 0. The molecular weight excluding hydrogens is 282 g/mol. The molecule has 0 bridgehead atoms. The lowest BCUT2D eigenvalue weighted by atomic mass is 9.92. The van der Waals surface area contributed by atoms with Crippen molar-refractivity contribution in [1.82, 2.24) is 5.32 Å². The van der Waals surface area contributed by atoms with Crippen LogP contribution < -0.4 is 10.1 Å². The zero-order valence-corrected chi connectivity index (χ0v) is 13.8. The van der Waals surface area contributed by atoms with Gasteiger partial charge in [-0.25, -0.2) is 4.79 Å². The molecule has 1 N–H and O–H groups in total. The van der Waals surface area contributed by atoms with Crippen LogP contribution in [0.15, 0.2) is 24.3 Å². The van der Waals surface area contributed by atoms with Crippen molar-refractivity contribution in [2.75, 3.05) is 19.8 Å². The maximum Gasteiger partial charge on any atom is 0.338 e. The number of carbonyl (C=O) groups is 2. The average molecular weight is 307 g/mol. The van der Waals surface area contributed by atoms with Gasteiger partial charge in [-0.15, -0.1) is 0 Å². The molecule has 0 radical (unpaired) electrons. The lowest BCUT2D eigenvalue weighted by Crippen LogP contribution is -2.31. The fraction of sp³-hybridized carbons (Fsp3) is 0.529. The van der Waals surface area contributed by atoms with Gasteiger partial charge in [0.25, 0.3) is 5.91 Å². The predicted octanol–water partition coefficient (Wildman–Crippen LogP) is 2.79. The Balaban J connectivity index is 2.35. The summed E-state index contributed by atoms with van der Waals surface area (Å²) in [6, 6.07) is 6.53. The van der Waals surface area contributed by atoms with Crippen molar-refractivity contribution in [3.05, 3.63) is 29.8 Å². The van der Waals surface area contributed by atoms with E-state index in [1.165, 1.54) is 0 Å². The number of nitrogens with one attached hydrogen (secondary N) is 1. The summed E-state index contributed by atoms with van der Waals surface area (Å²) in [5.41, 5.74) is 0.653. The van der Waals surface area contributed by atoms with E-state index in [4.69, 9.17) is 9.47 Å². The van der Waals surface area contributed by atoms with Crippen LogP contribution in [0.2, 0.25) is 0 Å².